The van der Waals surface area contributed by atoms with Crippen molar-refractivity contribution in [3.8, 4) is 11.5 Å². The fourth-order valence-electron chi connectivity index (χ4n) is 2.94. The van der Waals surface area contributed by atoms with Crippen molar-refractivity contribution >= 4 is 17.7 Å². The highest BCUT2D eigenvalue weighted by Crippen LogP contribution is 2.33. The summed E-state index contributed by atoms with van der Waals surface area (Å²) in [5.74, 6) is 0.959. The predicted molar refractivity (Wildman–Crippen MR) is 89.1 cm³/mol. The van der Waals surface area contributed by atoms with Gasteiger partial charge in [0.05, 0.1) is 33.0 Å². The molecule has 0 spiro atoms. The van der Waals surface area contributed by atoms with Crippen molar-refractivity contribution in [3.63, 3.8) is 0 Å². The SMILES string of the molecule is COc1ccc(N2CC(CNC(=O)C3CCCO3)OC2=O)cc1OC. The Morgan fingerprint density at radius 3 is 2.80 bits per heavy atom. The number of methoxy groups -OCH3 is 2. The predicted octanol–water partition coefficient (Wildman–Crippen LogP) is 1.32. The lowest BCUT2D eigenvalue weighted by Crippen LogP contribution is -2.40. The molecule has 25 heavy (non-hydrogen) atoms. The molecule has 2 fully saturated rings. The summed E-state index contributed by atoms with van der Waals surface area (Å²) in [6.07, 6.45) is 0.367. The fraction of sp³-hybridized carbons (Fsp3) is 0.529. The number of anilines is 1. The minimum atomic E-state index is -0.455. The largest absolute Gasteiger partial charge is 0.493 e. The van der Waals surface area contributed by atoms with Gasteiger partial charge in [0.2, 0.25) is 5.91 Å². The minimum absolute atomic E-state index is 0.155. The molecular weight excluding hydrogens is 328 g/mol. The van der Waals surface area contributed by atoms with Gasteiger partial charge in [-0.15, -0.1) is 0 Å². The highest BCUT2D eigenvalue weighted by atomic mass is 16.6. The number of nitrogens with one attached hydrogen (secondary N) is 1. The topological polar surface area (TPSA) is 86.3 Å². The molecule has 8 nitrogen and oxygen atoms in total. The monoisotopic (exact) mass is 350 g/mol. The van der Waals surface area contributed by atoms with Crippen LogP contribution >= 0.6 is 0 Å². The Kier molecular flexibility index (Phi) is 5.28. The Hall–Kier alpha value is -2.48. The fourth-order valence-corrected chi connectivity index (χ4v) is 2.94. The molecular formula is C17H22N2O6. The summed E-state index contributed by atoms with van der Waals surface area (Å²) < 4.78 is 21.1. The number of cyclic esters (lactones) is 1. The third-order valence-corrected chi connectivity index (χ3v) is 4.28. The van der Waals surface area contributed by atoms with Crippen LogP contribution in [0.25, 0.3) is 0 Å². The Morgan fingerprint density at radius 1 is 1.32 bits per heavy atom. The summed E-state index contributed by atoms with van der Waals surface area (Å²) in [5.41, 5.74) is 0.649. The van der Waals surface area contributed by atoms with Crippen molar-refractivity contribution in [3.05, 3.63) is 18.2 Å². The normalized spacial score (nSPS) is 22.6. The zero-order valence-electron chi connectivity index (χ0n) is 14.3. The lowest BCUT2D eigenvalue weighted by molar-refractivity contribution is -0.130. The Labute approximate surface area is 146 Å². The van der Waals surface area contributed by atoms with E-state index in [0.717, 1.165) is 12.8 Å². The molecule has 2 atom stereocenters. The lowest BCUT2D eigenvalue weighted by atomic mass is 10.2. The van der Waals surface area contributed by atoms with Gasteiger partial charge in [-0.3, -0.25) is 9.69 Å². The molecule has 2 unspecified atom stereocenters. The number of hydrogen-bond acceptors (Lipinski definition) is 6. The highest BCUT2D eigenvalue weighted by Gasteiger charge is 2.33. The van der Waals surface area contributed by atoms with Gasteiger partial charge in [-0.2, -0.15) is 0 Å². The van der Waals surface area contributed by atoms with E-state index in [1.807, 2.05) is 0 Å². The lowest BCUT2D eigenvalue weighted by Gasteiger charge is -2.16. The molecule has 0 saturated carbocycles. The van der Waals surface area contributed by atoms with Crippen LogP contribution in [0, 0.1) is 0 Å². The standard InChI is InChI=1S/C17H22N2O6/c1-22-13-6-5-11(8-15(13)23-2)19-10-12(25-17(19)21)9-18-16(20)14-4-3-7-24-14/h5-6,8,12,14H,3-4,7,9-10H2,1-2H3,(H,18,20). The maximum absolute atomic E-state index is 12.1. The van der Waals surface area contributed by atoms with Crippen molar-refractivity contribution in [2.75, 3.05) is 38.8 Å². The first-order chi connectivity index (χ1) is 12.1. The van der Waals surface area contributed by atoms with Gasteiger partial charge in [-0.25, -0.2) is 4.79 Å². The third kappa shape index (κ3) is 3.79. The molecule has 0 aromatic heterocycles. The van der Waals surface area contributed by atoms with Gasteiger partial charge < -0.3 is 24.3 Å². The first-order valence-electron chi connectivity index (χ1n) is 8.22. The van der Waals surface area contributed by atoms with Crippen molar-refractivity contribution < 1.29 is 28.5 Å². The van der Waals surface area contributed by atoms with Crippen LogP contribution in [-0.4, -0.2) is 58.1 Å². The van der Waals surface area contributed by atoms with Crippen LogP contribution in [0.15, 0.2) is 18.2 Å². The van der Waals surface area contributed by atoms with Crippen LogP contribution in [0.4, 0.5) is 10.5 Å². The van der Waals surface area contributed by atoms with Crippen LogP contribution in [0.5, 0.6) is 11.5 Å². The summed E-state index contributed by atoms with van der Waals surface area (Å²) >= 11 is 0. The number of rotatable bonds is 6. The van der Waals surface area contributed by atoms with Gasteiger partial charge in [0.1, 0.15) is 12.2 Å². The summed E-state index contributed by atoms with van der Waals surface area (Å²) in [5, 5.41) is 2.79. The molecule has 3 rings (SSSR count). The number of amides is 2. The number of carbonyl (C=O) groups excluding carboxylic acids is 2. The van der Waals surface area contributed by atoms with Crippen LogP contribution in [0.3, 0.4) is 0 Å². The molecule has 2 saturated heterocycles. The first kappa shape index (κ1) is 17.3. The van der Waals surface area contributed by atoms with Crippen molar-refractivity contribution in [1.29, 1.82) is 0 Å². The number of nitrogens with zero attached hydrogens (tertiary/aromatic N) is 1. The molecule has 0 radical (unpaired) electrons. The molecule has 1 N–H and O–H groups in total. The second-order valence-corrected chi connectivity index (χ2v) is 5.90. The molecule has 2 aliphatic heterocycles. The third-order valence-electron chi connectivity index (χ3n) is 4.28. The molecule has 136 valence electrons. The summed E-state index contributed by atoms with van der Waals surface area (Å²) in [6, 6.07) is 5.21. The van der Waals surface area contributed by atoms with E-state index in [1.54, 1.807) is 25.3 Å². The summed E-state index contributed by atoms with van der Waals surface area (Å²) in [4.78, 5) is 25.6. The van der Waals surface area contributed by atoms with E-state index < -0.39 is 12.2 Å². The Morgan fingerprint density at radius 2 is 2.12 bits per heavy atom. The first-order valence-corrected chi connectivity index (χ1v) is 8.22. The molecule has 1 aromatic rings. The maximum Gasteiger partial charge on any atom is 0.414 e. The Balaban J connectivity index is 1.59. The van der Waals surface area contributed by atoms with E-state index in [9.17, 15) is 9.59 Å². The summed E-state index contributed by atoms with van der Waals surface area (Å²) in [6.45, 7) is 1.22. The molecule has 0 aliphatic carbocycles. The van der Waals surface area contributed by atoms with Gasteiger partial charge in [-0.05, 0) is 25.0 Å². The molecule has 2 heterocycles. The molecule has 2 amide bonds. The van der Waals surface area contributed by atoms with E-state index in [0.29, 0.717) is 30.3 Å². The molecule has 2 aliphatic rings. The average Bonchev–Trinajstić information content (AvgIpc) is 3.29. The van der Waals surface area contributed by atoms with Crippen molar-refractivity contribution in [1.82, 2.24) is 5.32 Å². The van der Waals surface area contributed by atoms with Crippen molar-refractivity contribution in [2.24, 2.45) is 0 Å². The number of ether oxygens (including phenoxy) is 4. The number of benzene rings is 1. The van der Waals surface area contributed by atoms with Gasteiger partial charge in [0.15, 0.2) is 11.5 Å². The molecule has 0 bridgehead atoms. The number of carbonyl (C=O) groups is 2. The zero-order valence-corrected chi connectivity index (χ0v) is 14.3. The second-order valence-electron chi connectivity index (χ2n) is 5.90. The zero-order chi connectivity index (χ0) is 17.8. The van der Waals surface area contributed by atoms with Crippen LogP contribution in [0.1, 0.15) is 12.8 Å². The van der Waals surface area contributed by atoms with E-state index in [2.05, 4.69) is 5.32 Å². The quantitative estimate of drug-likeness (QED) is 0.833. The van der Waals surface area contributed by atoms with E-state index in [-0.39, 0.29) is 18.6 Å². The maximum atomic E-state index is 12.1. The van der Waals surface area contributed by atoms with E-state index in [4.69, 9.17) is 18.9 Å². The van der Waals surface area contributed by atoms with Crippen molar-refractivity contribution in [2.45, 2.75) is 25.0 Å². The van der Waals surface area contributed by atoms with Crippen LogP contribution < -0.4 is 19.7 Å². The number of hydrogen-bond donors (Lipinski definition) is 1. The van der Waals surface area contributed by atoms with Gasteiger partial charge in [0, 0.05) is 12.7 Å². The smallest absolute Gasteiger partial charge is 0.414 e. The minimum Gasteiger partial charge on any atom is -0.493 e. The molecule has 8 heteroatoms. The molecule has 1 aromatic carbocycles. The summed E-state index contributed by atoms with van der Waals surface area (Å²) in [7, 11) is 3.09. The van der Waals surface area contributed by atoms with Crippen LogP contribution in [0.2, 0.25) is 0 Å². The highest BCUT2D eigenvalue weighted by molar-refractivity contribution is 5.90. The van der Waals surface area contributed by atoms with Gasteiger partial charge in [0.25, 0.3) is 0 Å². The van der Waals surface area contributed by atoms with Gasteiger partial charge in [-0.1, -0.05) is 0 Å². The van der Waals surface area contributed by atoms with E-state index in [1.165, 1.54) is 12.0 Å². The second kappa shape index (κ2) is 7.60. The van der Waals surface area contributed by atoms with E-state index >= 15 is 0 Å². The Bertz CT molecular complexity index is 644. The average molecular weight is 350 g/mol. The van der Waals surface area contributed by atoms with Gasteiger partial charge >= 0.3 is 6.09 Å². The van der Waals surface area contributed by atoms with Crippen LogP contribution in [-0.2, 0) is 14.3 Å².